The van der Waals surface area contributed by atoms with Gasteiger partial charge in [-0.1, -0.05) is 0 Å². The zero-order chi connectivity index (χ0) is 29.6. The molecule has 10 heteroatoms. The average Bonchev–Trinajstić information content (AvgIpc) is 3.01. The minimum absolute atomic E-state index is 0.0389. The number of nitrogens with one attached hydrogen (secondary N) is 1. The molecule has 0 bridgehead atoms. The number of benzene rings is 2. The number of hydrogen-bond acceptors (Lipinski definition) is 6. The zero-order valence-electron chi connectivity index (χ0n) is 23.5. The molecule has 2 aliphatic heterocycles. The van der Waals surface area contributed by atoms with Gasteiger partial charge in [-0.3, -0.25) is 24.3 Å². The van der Waals surface area contributed by atoms with Crippen LogP contribution >= 0.6 is 0 Å². The SMILES string of the molecule is COc1ccc(C(=O)C2CCN(C(=O)c3ccc(C(=O)NC4CCN(Cc5cc(F)cc(F)c5)CC4)nc3)CC2)cc1. The Bertz CT molecular complexity index is 1400. The fourth-order valence-corrected chi connectivity index (χ4v) is 5.63. The molecule has 220 valence electrons. The van der Waals surface area contributed by atoms with E-state index >= 15 is 0 Å². The predicted molar refractivity (Wildman–Crippen MR) is 152 cm³/mol. The van der Waals surface area contributed by atoms with E-state index < -0.39 is 11.6 Å². The molecule has 2 saturated heterocycles. The lowest BCUT2D eigenvalue weighted by Crippen LogP contribution is -2.44. The van der Waals surface area contributed by atoms with E-state index in [1.165, 1.54) is 18.3 Å². The van der Waals surface area contributed by atoms with Crippen LogP contribution in [0.2, 0.25) is 0 Å². The number of amides is 2. The monoisotopic (exact) mass is 576 g/mol. The summed E-state index contributed by atoms with van der Waals surface area (Å²) in [7, 11) is 1.58. The van der Waals surface area contributed by atoms with Crippen LogP contribution in [-0.2, 0) is 6.54 Å². The highest BCUT2D eigenvalue weighted by Gasteiger charge is 2.29. The van der Waals surface area contributed by atoms with Gasteiger partial charge in [0.1, 0.15) is 23.1 Å². The van der Waals surface area contributed by atoms with Crippen molar-refractivity contribution < 1.29 is 27.9 Å². The highest BCUT2D eigenvalue weighted by molar-refractivity contribution is 5.99. The molecule has 2 aliphatic rings. The molecule has 1 aromatic heterocycles. The Balaban J connectivity index is 1.07. The number of carbonyl (C=O) groups is 3. The molecule has 2 aromatic carbocycles. The lowest BCUT2D eigenvalue weighted by Gasteiger charge is -2.32. The average molecular weight is 577 g/mol. The maximum atomic E-state index is 13.5. The summed E-state index contributed by atoms with van der Waals surface area (Å²) in [5, 5.41) is 3.00. The lowest BCUT2D eigenvalue weighted by molar-refractivity contribution is 0.0649. The van der Waals surface area contributed by atoms with Crippen molar-refractivity contribution in [2.45, 2.75) is 38.3 Å². The Labute approximate surface area is 243 Å². The molecule has 1 N–H and O–H groups in total. The van der Waals surface area contributed by atoms with Crippen LogP contribution in [0.3, 0.4) is 0 Å². The van der Waals surface area contributed by atoms with E-state index in [2.05, 4.69) is 15.2 Å². The molecule has 5 rings (SSSR count). The second-order valence-corrected chi connectivity index (χ2v) is 10.9. The molecule has 0 unspecified atom stereocenters. The lowest BCUT2D eigenvalue weighted by atomic mass is 9.88. The van der Waals surface area contributed by atoms with Crippen molar-refractivity contribution in [3.05, 3.63) is 94.8 Å². The van der Waals surface area contributed by atoms with E-state index in [1.807, 2.05) is 0 Å². The van der Waals surface area contributed by atoms with Crippen LogP contribution < -0.4 is 10.1 Å². The number of pyridine rings is 1. The summed E-state index contributed by atoms with van der Waals surface area (Å²) in [5.41, 5.74) is 1.85. The molecule has 0 aliphatic carbocycles. The minimum atomic E-state index is -0.589. The van der Waals surface area contributed by atoms with Gasteiger partial charge < -0.3 is 15.0 Å². The highest BCUT2D eigenvalue weighted by Crippen LogP contribution is 2.24. The Kier molecular flexibility index (Phi) is 9.22. The summed E-state index contributed by atoms with van der Waals surface area (Å²) >= 11 is 0. The number of piperidine rings is 2. The van der Waals surface area contributed by atoms with Crippen molar-refractivity contribution in [1.82, 2.24) is 20.1 Å². The second-order valence-electron chi connectivity index (χ2n) is 10.9. The summed E-state index contributed by atoms with van der Waals surface area (Å²) in [6, 6.07) is 13.7. The van der Waals surface area contributed by atoms with Crippen molar-refractivity contribution in [1.29, 1.82) is 0 Å². The van der Waals surface area contributed by atoms with Gasteiger partial charge >= 0.3 is 0 Å². The van der Waals surface area contributed by atoms with Crippen LogP contribution in [0.25, 0.3) is 0 Å². The number of likely N-dealkylation sites (tertiary alicyclic amines) is 2. The number of ether oxygens (including phenoxy) is 1. The van der Waals surface area contributed by atoms with Gasteiger partial charge in [-0.2, -0.15) is 0 Å². The van der Waals surface area contributed by atoms with Crippen molar-refractivity contribution in [2.75, 3.05) is 33.3 Å². The number of nitrogens with zero attached hydrogens (tertiary/aromatic N) is 3. The van der Waals surface area contributed by atoms with Crippen LogP contribution in [-0.4, -0.2) is 71.7 Å². The molecule has 2 amide bonds. The topological polar surface area (TPSA) is 91.8 Å². The predicted octanol–water partition coefficient (Wildman–Crippen LogP) is 4.50. The highest BCUT2D eigenvalue weighted by atomic mass is 19.1. The quantitative estimate of drug-likeness (QED) is 0.397. The molecule has 0 saturated carbocycles. The summed E-state index contributed by atoms with van der Waals surface area (Å²) in [6.07, 6.45) is 4.01. The maximum absolute atomic E-state index is 13.5. The van der Waals surface area contributed by atoms with Crippen molar-refractivity contribution in [3.63, 3.8) is 0 Å². The van der Waals surface area contributed by atoms with Gasteiger partial charge in [0.25, 0.3) is 11.8 Å². The number of Topliss-reactive ketones (excluding diaryl/α,β-unsaturated/α-hetero) is 1. The first-order valence-electron chi connectivity index (χ1n) is 14.2. The minimum Gasteiger partial charge on any atom is -0.497 e. The number of halogens is 2. The Hall–Kier alpha value is -4.18. The fraction of sp³-hybridized carbons (Fsp3) is 0.375. The molecule has 3 aromatic rings. The van der Waals surface area contributed by atoms with E-state index in [4.69, 9.17) is 4.74 Å². The van der Waals surface area contributed by atoms with Gasteiger partial charge in [0.15, 0.2) is 5.78 Å². The van der Waals surface area contributed by atoms with Crippen LogP contribution in [0, 0.1) is 17.6 Å². The number of rotatable bonds is 8. The molecule has 0 radical (unpaired) electrons. The first-order chi connectivity index (χ1) is 20.3. The largest absolute Gasteiger partial charge is 0.497 e. The van der Waals surface area contributed by atoms with E-state index in [1.54, 1.807) is 48.4 Å². The first kappa shape index (κ1) is 29.3. The standard InChI is InChI=1S/C32H34F2N4O4/c1-42-28-5-2-22(3-6-28)30(39)23-8-14-38(15-9-23)32(41)24-4-7-29(35-19-24)31(40)36-27-10-12-37(13-11-27)20-21-16-25(33)18-26(34)17-21/h2-7,16-19,23,27H,8-15,20H2,1H3,(H,36,40). The smallest absolute Gasteiger partial charge is 0.270 e. The maximum Gasteiger partial charge on any atom is 0.270 e. The van der Waals surface area contributed by atoms with E-state index in [0.29, 0.717) is 80.8 Å². The first-order valence-corrected chi connectivity index (χ1v) is 14.2. The third-order valence-corrected chi connectivity index (χ3v) is 8.02. The number of methoxy groups -OCH3 is 1. The van der Waals surface area contributed by atoms with E-state index in [0.717, 1.165) is 6.07 Å². The summed E-state index contributed by atoms with van der Waals surface area (Å²) in [4.78, 5) is 46.8. The third-order valence-electron chi connectivity index (χ3n) is 8.02. The molecule has 0 spiro atoms. The summed E-state index contributed by atoms with van der Waals surface area (Å²) < 4.78 is 32.1. The molecular formula is C32H34F2N4O4. The van der Waals surface area contributed by atoms with Crippen molar-refractivity contribution in [2.24, 2.45) is 5.92 Å². The van der Waals surface area contributed by atoms with Gasteiger partial charge in [-0.05, 0) is 79.8 Å². The fourth-order valence-electron chi connectivity index (χ4n) is 5.63. The van der Waals surface area contributed by atoms with Crippen LogP contribution in [0.1, 0.15) is 62.5 Å². The Morgan fingerprint density at radius 3 is 2.12 bits per heavy atom. The molecule has 8 nitrogen and oxygen atoms in total. The third kappa shape index (κ3) is 7.17. The molecular weight excluding hydrogens is 542 g/mol. The van der Waals surface area contributed by atoms with Crippen LogP contribution in [0.5, 0.6) is 5.75 Å². The van der Waals surface area contributed by atoms with Gasteiger partial charge in [-0.15, -0.1) is 0 Å². The van der Waals surface area contributed by atoms with Crippen LogP contribution in [0.15, 0.2) is 60.8 Å². The second kappa shape index (κ2) is 13.2. The summed E-state index contributed by atoms with van der Waals surface area (Å²) in [6.45, 7) is 2.77. The zero-order valence-corrected chi connectivity index (χ0v) is 23.5. The Morgan fingerprint density at radius 2 is 1.52 bits per heavy atom. The van der Waals surface area contributed by atoms with E-state index in [-0.39, 0.29) is 35.3 Å². The van der Waals surface area contributed by atoms with Gasteiger partial charge in [0, 0.05) is 62.5 Å². The summed E-state index contributed by atoms with van der Waals surface area (Å²) in [5.74, 6) is -1.02. The number of aromatic nitrogens is 1. The normalized spacial score (nSPS) is 16.7. The molecule has 0 atom stereocenters. The molecule has 42 heavy (non-hydrogen) atoms. The number of ketones is 1. The van der Waals surface area contributed by atoms with Gasteiger partial charge in [0.2, 0.25) is 0 Å². The molecule has 3 heterocycles. The molecule has 2 fully saturated rings. The van der Waals surface area contributed by atoms with Gasteiger partial charge in [0.05, 0.1) is 12.7 Å². The Morgan fingerprint density at radius 1 is 0.881 bits per heavy atom. The van der Waals surface area contributed by atoms with Crippen molar-refractivity contribution in [3.8, 4) is 5.75 Å². The van der Waals surface area contributed by atoms with Crippen LogP contribution in [0.4, 0.5) is 8.78 Å². The van der Waals surface area contributed by atoms with Gasteiger partial charge in [-0.25, -0.2) is 8.78 Å². The van der Waals surface area contributed by atoms with E-state index in [9.17, 15) is 23.2 Å². The van der Waals surface area contributed by atoms with Crippen molar-refractivity contribution >= 4 is 17.6 Å². The number of hydrogen-bond donors (Lipinski definition) is 1. The number of carbonyl (C=O) groups excluding carboxylic acids is 3.